The van der Waals surface area contributed by atoms with E-state index in [2.05, 4.69) is 16.8 Å². The topological polar surface area (TPSA) is 105 Å². The van der Waals surface area contributed by atoms with Crippen LogP contribution in [-0.4, -0.2) is 25.5 Å². The molecule has 6 nitrogen and oxygen atoms in total. The van der Waals surface area contributed by atoms with Gasteiger partial charge in [0.2, 0.25) is 10.0 Å². The van der Waals surface area contributed by atoms with Crippen molar-refractivity contribution in [3.63, 3.8) is 0 Å². The van der Waals surface area contributed by atoms with Gasteiger partial charge in [-0.3, -0.25) is 0 Å². The molecule has 21 heavy (non-hydrogen) atoms. The van der Waals surface area contributed by atoms with Gasteiger partial charge in [0.05, 0.1) is 10.9 Å². The first-order valence-corrected chi connectivity index (χ1v) is 8.51. The van der Waals surface area contributed by atoms with Gasteiger partial charge < -0.3 is 10.9 Å². The van der Waals surface area contributed by atoms with Gasteiger partial charge in [0.15, 0.2) is 5.84 Å². The summed E-state index contributed by atoms with van der Waals surface area (Å²) >= 11 is 0. The Labute approximate surface area is 126 Å². The van der Waals surface area contributed by atoms with Crippen molar-refractivity contribution < 1.29 is 13.6 Å². The molecule has 4 N–H and O–H groups in total. The number of hydrogen-bond acceptors (Lipinski definition) is 4. The van der Waals surface area contributed by atoms with E-state index in [-0.39, 0.29) is 10.7 Å². The van der Waals surface area contributed by atoms with E-state index in [0.29, 0.717) is 12.8 Å². The summed E-state index contributed by atoms with van der Waals surface area (Å²) in [5.41, 5.74) is 6.62. The predicted molar refractivity (Wildman–Crippen MR) is 82.9 cm³/mol. The quantitative estimate of drug-likeness (QED) is 0.295. The van der Waals surface area contributed by atoms with E-state index >= 15 is 0 Å². The van der Waals surface area contributed by atoms with Crippen LogP contribution in [0.5, 0.6) is 0 Å². The Morgan fingerprint density at radius 3 is 2.38 bits per heavy atom. The molecule has 0 fully saturated rings. The summed E-state index contributed by atoms with van der Waals surface area (Å²) in [6.45, 7) is 3.96. The molecule has 0 heterocycles. The summed E-state index contributed by atoms with van der Waals surface area (Å²) in [4.78, 5) is 0.175. The molecule has 0 bridgehead atoms. The van der Waals surface area contributed by atoms with Gasteiger partial charge in [0.1, 0.15) is 0 Å². The van der Waals surface area contributed by atoms with Gasteiger partial charge >= 0.3 is 0 Å². The molecule has 0 saturated heterocycles. The van der Waals surface area contributed by atoms with Gasteiger partial charge in [-0.25, -0.2) is 13.1 Å². The van der Waals surface area contributed by atoms with E-state index < -0.39 is 16.1 Å². The van der Waals surface area contributed by atoms with Crippen LogP contribution < -0.4 is 10.5 Å². The Hall–Kier alpha value is -1.60. The van der Waals surface area contributed by atoms with E-state index in [1.165, 1.54) is 0 Å². The van der Waals surface area contributed by atoms with Crippen LogP contribution in [0.25, 0.3) is 0 Å². The lowest BCUT2D eigenvalue weighted by Gasteiger charge is -2.16. The maximum Gasteiger partial charge on any atom is 0.241 e. The first kappa shape index (κ1) is 17.5. The molecule has 0 saturated carbocycles. The maximum atomic E-state index is 12.3. The highest BCUT2D eigenvalue weighted by Crippen LogP contribution is 2.13. The van der Waals surface area contributed by atoms with Gasteiger partial charge in [0, 0.05) is 0 Å². The number of oxime groups is 1. The van der Waals surface area contributed by atoms with Crippen molar-refractivity contribution in [1.29, 1.82) is 0 Å². The average Bonchev–Trinajstić information content (AvgIpc) is 2.46. The van der Waals surface area contributed by atoms with Crippen LogP contribution in [0.1, 0.15) is 38.7 Å². The zero-order valence-electron chi connectivity index (χ0n) is 12.4. The number of nitrogens with two attached hydrogens (primary N) is 1. The fraction of sp³-hybridized carbons (Fsp3) is 0.500. The minimum atomic E-state index is -3.69. The lowest BCUT2D eigenvalue weighted by Crippen LogP contribution is -2.44. The fourth-order valence-electron chi connectivity index (χ4n) is 2.00. The zero-order chi connectivity index (χ0) is 15.9. The predicted octanol–water partition coefficient (Wildman–Crippen LogP) is 1.83. The zero-order valence-corrected chi connectivity index (χ0v) is 13.2. The summed E-state index contributed by atoms with van der Waals surface area (Å²) in [6.07, 6.45) is 3.09. The monoisotopic (exact) mass is 313 g/mol. The summed E-state index contributed by atoms with van der Waals surface area (Å²) in [6, 6.07) is 6.04. The first-order valence-electron chi connectivity index (χ1n) is 7.03. The molecule has 1 aromatic rings. The highest BCUT2D eigenvalue weighted by atomic mass is 32.2. The van der Waals surface area contributed by atoms with E-state index in [4.69, 9.17) is 10.9 Å². The molecule has 0 aromatic heterocycles. The SMILES string of the molecule is CCCc1ccc(S(=O)(=O)NC(CCC)/C(N)=N/O)cc1. The molecule has 1 unspecified atom stereocenters. The van der Waals surface area contributed by atoms with Crippen molar-refractivity contribution in [1.82, 2.24) is 4.72 Å². The number of benzene rings is 1. The minimum absolute atomic E-state index is 0.136. The number of hydrogen-bond donors (Lipinski definition) is 3. The summed E-state index contributed by atoms with van der Waals surface area (Å²) in [5.74, 6) is -0.136. The Morgan fingerprint density at radius 2 is 1.90 bits per heavy atom. The number of aryl methyl sites for hydroxylation is 1. The Kier molecular flexibility index (Phi) is 6.64. The molecule has 0 aliphatic rings. The molecule has 7 heteroatoms. The lowest BCUT2D eigenvalue weighted by molar-refractivity contribution is 0.315. The van der Waals surface area contributed by atoms with Gasteiger partial charge in [-0.15, -0.1) is 0 Å². The maximum absolute atomic E-state index is 12.3. The van der Waals surface area contributed by atoms with Crippen LogP contribution in [0.2, 0.25) is 0 Å². The largest absolute Gasteiger partial charge is 0.409 e. The Bertz CT molecular complexity index is 568. The van der Waals surface area contributed by atoms with E-state index in [1.807, 2.05) is 6.92 Å². The smallest absolute Gasteiger partial charge is 0.241 e. The first-order chi connectivity index (χ1) is 9.94. The highest BCUT2D eigenvalue weighted by molar-refractivity contribution is 7.89. The number of amidine groups is 1. The highest BCUT2D eigenvalue weighted by Gasteiger charge is 2.22. The number of sulfonamides is 1. The van der Waals surface area contributed by atoms with Crippen molar-refractivity contribution in [2.75, 3.05) is 0 Å². The fourth-order valence-corrected chi connectivity index (χ4v) is 3.25. The van der Waals surface area contributed by atoms with Crippen LogP contribution in [0.4, 0.5) is 0 Å². The number of nitrogens with zero attached hydrogens (tertiary/aromatic N) is 1. The van der Waals surface area contributed by atoms with Gasteiger partial charge in [0.25, 0.3) is 0 Å². The van der Waals surface area contributed by atoms with Crippen molar-refractivity contribution in [3.05, 3.63) is 29.8 Å². The number of rotatable bonds is 8. The second-order valence-corrected chi connectivity index (χ2v) is 6.60. The molecule has 118 valence electrons. The van der Waals surface area contributed by atoms with Gasteiger partial charge in [-0.2, -0.15) is 0 Å². The van der Waals surface area contributed by atoms with Crippen molar-refractivity contribution >= 4 is 15.9 Å². The van der Waals surface area contributed by atoms with Crippen molar-refractivity contribution in [3.8, 4) is 0 Å². The normalized spacial score (nSPS) is 14.1. The summed E-state index contributed by atoms with van der Waals surface area (Å²) < 4.78 is 27.1. The van der Waals surface area contributed by atoms with E-state index in [0.717, 1.165) is 18.4 Å². The summed E-state index contributed by atoms with van der Waals surface area (Å²) in [5, 5.41) is 11.6. The molecule has 0 spiro atoms. The second kappa shape index (κ2) is 7.99. The molecular formula is C14H23N3O3S. The van der Waals surface area contributed by atoms with E-state index in [1.54, 1.807) is 24.3 Å². The third-order valence-electron chi connectivity index (χ3n) is 3.12. The molecule has 1 aromatic carbocycles. The third kappa shape index (κ3) is 5.02. The van der Waals surface area contributed by atoms with Crippen LogP contribution in [0.3, 0.4) is 0 Å². The Balaban J connectivity index is 2.93. The van der Waals surface area contributed by atoms with Crippen LogP contribution >= 0.6 is 0 Å². The molecule has 0 amide bonds. The molecule has 0 aliphatic heterocycles. The van der Waals surface area contributed by atoms with Crippen molar-refractivity contribution in [2.24, 2.45) is 10.9 Å². The molecule has 1 atom stereocenters. The molecule has 0 radical (unpaired) electrons. The molecule has 1 rings (SSSR count). The third-order valence-corrected chi connectivity index (χ3v) is 4.61. The van der Waals surface area contributed by atoms with Crippen molar-refractivity contribution in [2.45, 2.75) is 50.5 Å². The van der Waals surface area contributed by atoms with Crippen LogP contribution in [0, 0.1) is 0 Å². The lowest BCUT2D eigenvalue weighted by atomic mass is 10.1. The standard InChI is InChI=1S/C14H23N3O3S/c1-3-5-11-7-9-12(10-8-11)21(19,20)17-13(6-4-2)14(15)16-18/h7-10,13,17-18H,3-6H2,1-2H3,(H2,15,16). The van der Waals surface area contributed by atoms with Crippen LogP contribution in [-0.2, 0) is 16.4 Å². The molecular weight excluding hydrogens is 290 g/mol. The molecule has 0 aliphatic carbocycles. The second-order valence-electron chi connectivity index (χ2n) is 4.88. The van der Waals surface area contributed by atoms with Gasteiger partial charge in [-0.1, -0.05) is 44.0 Å². The average molecular weight is 313 g/mol. The van der Waals surface area contributed by atoms with Gasteiger partial charge in [-0.05, 0) is 30.5 Å². The Morgan fingerprint density at radius 1 is 1.29 bits per heavy atom. The number of nitrogens with one attached hydrogen (secondary N) is 1. The van der Waals surface area contributed by atoms with Crippen LogP contribution in [0.15, 0.2) is 34.3 Å². The minimum Gasteiger partial charge on any atom is -0.409 e. The summed E-state index contributed by atoms with van der Waals surface area (Å²) in [7, 11) is -3.69. The van der Waals surface area contributed by atoms with E-state index in [9.17, 15) is 8.42 Å².